The Morgan fingerprint density at radius 1 is 1.62 bits per heavy atom. The topological polar surface area (TPSA) is 39.9 Å². The Morgan fingerprint density at radius 2 is 2.31 bits per heavy atom. The smallest absolute Gasteiger partial charge is 0.225 e. The molecule has 74 valence electrons. The van der Waals surface area contributed by atoms with Gasteiger partial charge in [-0.05, 0) is 17.5 Å². The molecule has 0 aliphatic carbocycles. The van der Waals surface area contributed by atoms with Gasteiger partial charge in [-0.3, -0.25) is 4.57 Å². The van der Waals surface area contributed by atoms with Crippen molar-refractivity contribution in [1.29, 1.82) is 0 Å². The van der Waals surface area contributed by atoms with Gasteiger partial charge in [0.2, 0.25) is 5.28 Å². The number of aromatic nitrogens is 3. The number of nitrogens with zero attached hydrogens (tertiary/aromatic N) is 3. The van der Waals surface area contributed by atoms with Crippen LogP contribution in [-0.4, -0.2) is 28.5 Å². The van der Waals surface area contributed by atoms with Crippen molar-refractivity contribution in [3.05, 3.63) is 11.6 Å². The molecule has 0 amide bonds. The van der Waals surface area contributed by atoms with Gasteiger partial charge in [0.05, 0.1) is 12.6 Å². The van der Waals surface area contributed by atoms with Crippen LogP contribution in [0.25, 0.3) is 0 Å². The lowest BCUT2D eigenvalue weighted by molar-refractivity contribution is 0.133. The van der Waals surface area contributed by atoms with E-state index in [1.165, 1.54) is 0 Å². The summed E-state index contributed by atoms with van der Waals surface area (Å²) in [4.78, 5) is 0. The third kappa shape index (κ3) is 2.42. The fourth-order valence-corrected chi connectivity index (χ4v) is 1.43. The highest BCUT2D eigenvalue weighted by molar-refractivity contribution is 6.28. The summed E-state index contributed by atoms with van der Waals surface area (Å²) >= 11 is 5.85. The molecule has 0 N–H and O–H groups in total. The van der Waals surface area contributed by atoms with Crippen molar-refractivity contribution in [1.82, 2.24) is 14.8 Å². The molecule has 1 heterocycles. The predicted molar refractivity (Wildman–Crippen MR) is 50.8 cm³/mol. The molecule has 0 radical (unpaired) electrons. The zero-order chi connectivity index (χ0) is 9.84. The van der Waals surface area contributed by atoms with Crippen molar-refractivity contribution in [2.45, 2.75) is 19.9 Å². The maximum absolute atomic E-state index is 5.85. The molecule has 0 saturated carbocycles. The molecular weight excluding hydrogens is 190 g/mol. The number of rotatable bonds is 4. The fourth-order valence-electron chi connectivity index (χ4n) is 1.22. The van der Waals surface area contributed by atoms with Crippen LogP contribution in [-0.2, 0) is 4.74 Å². The van der Waals surface area contributed by atoms with E-state index in [1.807, 2.05) is 4.57 Å². The largest absolute Gasteiger partial charge is 0.383 e. The molecule has 1 atom stereocenters. The molecule has 0 aliphatic heterocycles. The van der Waals surface area contributed by atoms with Gasteiger partial charge >= 0.3 is 0 Å². The molecule has 0 bridgehead atoms. The van der Waals surface area contributed by atoms with Gasteiger partial charge in [0, 0.05) is 7.11 Å². The van der Waals surface area contributed by atoms with Gasteiger partial charge in [-0.1, -0.05) is 13.8 Å². The summed E-state index contributed by atoms with van der Waals surface area (Å²) in [5.41, 5.74) is 0. The number of hydrogen-bond acceptors (Lipinski definition) is 3. The standard InChI is InChI=1S/C8H14ClN3O/c1-6(2)7(4-13-3)12-5-10-11-8(12)9/h5-7H,4H2,1-3H3. The van der Waals surface area contributed by atoms with E-state index in [0.29, 0.717) is 17.8 Å². The Labute approximate surface area is 82.9 Å². The SMILES string of the molecule is COCC(C(C)C)n1cnnc1Cl. The van der Waals surface area contributed by atoms with Crippen LogP contribution in [0, 0.1) is 5.92 Å². The highest BCUT2D eigenvalue weighted by Crippen LogP contribution is 2.20. The Balaban J connectivity index is 2.82. The van der Waals surface area contributed by atoms with Gasteiger partial charge in [0.1, 0.15) is 6.33 Å². The highest BCUT2D eigenvalue weighted by atomic mass is 35.5. The van der Waals surface area contributed by atoms with Gasteiger partial charge in [0.15, 0.2) is 0 Å². The van der Waals surface area contributed by atoms with Crippen molar-refractivity contribution >= 4 is 11.6 Å². The minimum Gasteiger partial charge on any atom is -0.383 e. The van der Waals surface area contributed by atoms with Crippen LogP contribution in [0.5, 0.6) is 0 Å². The first-order valence-electron chi connectivity index (χ1n) is 4.20. The zero-order valence-electron chi connectivity index (χ0n) is 8.07. The molecule has 5 heteroatoms. The van der Waals surface area contributed by atoms with Crippen LogP contribution in [0.15, 0.2) is 6.33 Å². The molecule has 1 unspecified atom stereocenters. The maximum atomic E-state index is 5.85. The van der Waals surface area contributed by atoms with E-state index in [9.17, 15) is 0 Å². The van der Waals surface area contributed by atoms with Gasteiger partial charge < -0.3 is 4.74 Å². The minimum absolute atomic E-state index is 0.201. The molecular formula is C8H14ClN3O. The van der Waals surface area contributed by atoms with Gasteiger partial charge in [0.25, 0.3) is 0 Å². The van der Waals surface area contributed by atoms with E-state index >= 15 is 0 Å². The molecule has 4 nitrogen and oxygen atoms in total. The van der Waals surface area contributed by atoms with Crippen molar-refractivity contribution < 1.29 is 4.74 Å². The van der Waals surface area contributed by atoms with E-state index < -0.39 is 0 Å². The Hall–Kier alpha value is -0.610. The fraction of sp³-hybridized carbons (Fsp3) is 0.750. The lowest BCUT2D eigenvalue weighted by Crippen LogP contribution is -2.19. The van der Waals surface area contributed by atoms with Crippen molar-refractivity contribution in [3.8, 4) is 0 Å². The third-order valence-electron chi connectivity index (χ3n) is 1.99. The van der Waals surface area contributed by atoms with Crippen LogP contribution in [0.3, 0.4) is 0 Å². The normalized spacial score (nSPS) is 13.6. The Kier molecular flexibility index (Phi) is 3.69. The van der Waals surface area contributed by atoms with E-state index in [4.69, 9.17) is 16.3 Å². The molecule has 1 aromatic rings. The molecule has 0 aliphatic rings. The predicted octanol–water partition coefficient (Wildman–Crippen LogP) is 1.77. The monoisotopic (exact) mass is 203 g/mol. The molecule has 1 aromatic heterocycles. The van der Waals surface area contributed by atoms with E-state index in [2.05, 4.69) is 24.0 Å². The average Bonchev–Trinajstić information content (AvgIpc) is 2.47. The maximum Gasteiger partial charge on any atom is 0.225 e. The van der Waals surface area contributed by atoms with Crippen LogP contribution in [0.2, 0.25) is 5.28 Å². The lowest BCUT2D eigenvalue weighted by Gasteiger charge is -2.21. The number of hydrogen-bond donors (Lipinski definition) is 0. The summed E-state index contributed by atoms with van der Waals surface area (Å²) in [7, 11) is 1.67. The Morgan fingerprint density at radius 3 is 2.69 bits per heavy atom. The second-order valence-corrected chi connectivity index (χ2v) is 3.61. The molecule has 0 fully saturated rings. The van der Waals surface area contributed by atoms with E-state index in [1.54, 1.807) is 13.4 Å². The molecule has 1 rings (SSSR count). The van der Waals surface area contributed by atoms with Crippen LogP contribution in [0.1, 0.15) is 19.9 Å². The first-order chi connectivity index (χ1) is 6.16. The van der Waals surface area contributed by atoms with Crippen molar-refractivity contribution in [2.24, 2.45) is 5.92 Å². The minimum atomic E-state index is 0.201. The number of halogens is 1. The summed E-state index contributed by atoms with van der Waals surface area (Å²) in [6.07, 6.45) is 1.63. The van der Waals surface area contributed by atoms with Crippen molar-refractivity contribution in [3.63, 3.8) is 0 Å². The number of methoxy groups -OCH3 is 1. The van der Waals surface area contributed by atoms with Gasteiger partial charge in [-0.15, -0.1) is 10.2 Å². The second-order valence-electron chi connectivity index (χ2n) is 3.27. The average molecular weight is 204 g/mol. The lowest BCUT2D eigenvalue weighted by atomic mass is 10.1. The summed E-state index contributed by atoms with van der Waals surface area (Å²) in [6, 6.07) is 0.201. The summed E-state index contributed by atoms with van der Waals surface area (Å²) in [6.45, 7) is 4.84. The van der Waals surface area contributed by atoms with Crippen molar-refractivity contribution in [2.75, 3.05) is 13.7 Å². The summed E-state index contributed by atoms with van der Waals surface area (Å²) in [5.74, 6) is 0.438. The quantitative estimate of drug-likeness (QED) is 0.749. The molecule has 0 aromatic carbocycles. The third-order valence-corrected chi connectivity index (χ3v) is 2.26. The van der Waals surface area contributed by atoms with E-state index in [0.717, 1.165) is 0 Å². The molecule has 0 saturated heterocycles. The first-order valence-corrected chi connectivity index (χ1v) is 4.58. The molecule has 0 spiro atoms. The highest BCUT2D eigenvalue weighted by Gasteiger charge is 2.17. The van der Waals surface area contributed by atoms with Crippen LogP contribution < -0.4 is 0 Å². The Bertz CT molecular complexity index is 262. The number of ether oxygens (including phenoxy) is 1. The molecule has 13 heavy (non-hydrogen) atoms. The van der Waals surface area contributed by atoms with Crippen LogP contribution in [0.4, 0.5) is 0 Å². The summed E-state index contributed by atoms with van der Waals surface area (Å²) < 4.78 is 6.94. The zero-order valence-corrected chi connectivity index (χ0v) is 8.82. The van der Waals surface area contributed by atoms with Gasteiger partial charge in [-0.2, -0.15) is 0 Å². The summed E-state index contributed by atoms with van der Waals surface area (Å²) in [5, 5.41) is 7.87. The van der Waals surface area contributed by atoms with Crippen LogP contribution >= 0.6 is 11.6 Å². The first kappa shape index (κ1) is 10.5. The van der Waals surface area contributed by atoms with Gasteiger partial charge in [-0.25, -0.2) is 0 Å². The second kappa shape index (κ2) is 4.58. The van der Waals surface area contributed by atoms with E-state index in [-0.39, 0.29) is 6.04 Å².